The van der Waals surface area contributed by atoms with Gasteiger partial charge < -0.3 is 9.47 Å². The Hall–Kier alpha value is -3.32. The number of hydrogen-bond acceptors (Lipinski definition) is 3. The predicted molar refractivity (Wildman–Crippen MR) is 112 cm³/mol. The molecule has 0 heterocycles. The van der Waals surface area contributed by atoms with Crippen LogP contribution >= 0.6 is 0 Å². The molecule has 0 bridgehead atoms. The average Bonchev–Trinajstić information content (AvgIpc) is 2.78. The number of rotatable bonds is 7. The van der Waals surface area contributed by atoms with E-state index in [4.69, 9.17) is 9.47 Å². The summed E-state index contributed by atoms with van der Waals surface area (Å²) in [5.41, 5.74) is 1.79. The van der Waals surface area contributed by atoms with Gasteiger partial charge in [-0.1, -0.05) is 66.7 Å². The summed E-state index contributed by atoms with van der Waals surface area (Å²) in [6, 6.07) is 22.3. The van der Waals surface area contributed by atoms with E-state index >= 15 is 0 Å². The number of halogens is 3. The molecule has 1 amide bonds. The Bertz CT molecular complexity index is 1010. The molecule has 3 aromatic carbocycles. The molecule has 0 aliphatic rings. The number of amides is 1. The lowest BCUT2D eigenvalue weighted by molar-refractivity contribution is -0.170. The number of alkyl halides is 3. The normalized spacial score (nSPS) is 12.3. The SMILES string of the molecule is COc1ccc(C(OC)c2ccccc2)c(N(Cc2ccccc2)C(=O)C(F)(F)F)c1. The molecule has 0 aliphatic heterocycles. The maximum atomic E-state index is 13.6. The standard InChI is InChI=1S/C24H22F3NO3/c1-30-19-13-14-20(22(31-2)18-11-7-4-8-12-18)21(15-19)28(23(29)24(25,26)27)16-17-9-5-3-6-10-17/h3-15,22H,16H2,1-2H3. The van der Waals surface area contributed by atoms with E-state index in [0.29, 0.717) is 16.9 Å². The second-order valence-electron chi connectivity index (χ2n) is 6.83. The van der Waals surface area contributed by atoms with Gasteiger partial charge in [0.2, 0.25) is 0 Å². The van der Waals surface area contributed by atoms with Gasteiger partial charge in [0.1, 0.15) is 11.9 Å². The molecule has 1 atom stereocenters. The molecule has 0 aliphatic carbocycles. The van der Waals surface area contributed by atoms with E-state index in [0.717, 1.165) is 10.5 Å². The molecule has 0 saturated carbocycles. The number of carbonyl (C=O) groups excluding carboxylic acids is 1. The smallest absolute Gasteiger partial charge is 0.471 e. The second-order valence-corrected chi connectivity index (χ2v) is 6.83. The highest BCUT2D eigenvalue weighted by Gasteiger charge is 2.44. The zero-order valence-corrected chi connectivity index (χ0v) is 17.1. The van der Waals surface area contributed by atoms with Gasteiger partial charge in [0, 0.05) is 18.7 Å². The third kappa shape index (κ3) is 5.24. The minimum Gasteiger partial charge on any atom is -0.497 e. The Morgan fingerprint density at radius 2 is 1.55 bits per heavy atom. The van der Waals surface area contributed by atoms with Crippen LogP contribution in [-0.2, 0) is 16.1 Å². The Morgan fingerprint density at radius 3 is 2.10 bits per heavy atom. The number of benzene rings is 3. The maximum absolute atomic E-state index is 13.6. The van der Waals surface area contributed by atoms with Crippen LogP contribution in [-0.4, -0.2) is 26.3 Å². The lowest BCUT2D eigenvalue weighted by Gasteiger charge is -2.29. The Balaban J connectivity index is 2.17. The van der Waals surface area contributed by atoms with Gasteiger partial charge in [0.15, 0.2) is 0 Å². The third-order valence-corrected chi connectivity index (χ3v) is 4.82. The summed E-state index contributed by atoms with van der Waals surface area (Å²) in [6.07, 6.45) is -5.73. The summed E-state index contributed by atoms with van der Waals surface area (Å²) in [7, 11) is 2.88. The molecule has 4 nitrogen and oxygen atoms in total. The van der Waals surface area contributed by atoms with Gasteiger partial charge in [0.05, 0.1) is 19.3 Å². The molecule has 0 N–H and O–H groups in total. The minimum atomic E-state index is -5.05. The molecule has 7 heteroatoms. The van der Waals surface area contributed by atoms with E-state index < -0.39 is 18.2 Å². The lowest BCUT2D eigenvalue weighted by Crippen LogP contribution is -2.41. The summed E-state index contributed by atoms with van der Waals surface area (Å²) in [5, 5.41) is 0. The van der Waals surface area contributed by atoms with Crippen LogP contribution in [0.2, 0.25) is 0 Å². The highest BCUT2D eigenvalue weighted by Crippen LogP contribution is 2.38. The van der Waals surface area contributed by atoms with E-state index in [1.54, 1.807) is 42.5 Å². The fourth-order valence-electron chi connectivity index (χ4n) is 3.36. The number of methoxy groups -OCH3 is 2. The van der Waals surface area contributed by atoms with Crippen LogP contribution < -0.4 is 9.64 Å². The van der Waals surface area contributed by atoms with Gasteiger partial charge in [-0.05, 0) is 17.2 Å². The molecular weight excluding hydrogens is 407 g/mol. The van der Waals surface area contributed by atoms with Crippen molar-refractivity contribution in [1.82, 2.24) is 0 Å². The third-order valence-electron chi connectivity index (χ3n) is 4.82. The summed E-state index contributed by atoms with van der Waals surface area (Å²) in [4.78, 5) is 13.2. The maximum Gasteiger partial charge on any atom is 0.471 e. The largest absolute Gasteiger partial charge is 0.497 e. The molecule has 3 rings (SSSR count). The van der Waals surface area contributed by atoms with Crippen molar-refractivity contribution in [2.45, 2.75) is 18.8 Å². The number of anilines is 1. The topological polar surface area (TPSA) is 38.8 Å². The Kier molecular flexibility index (Phi) is 6.97. The first-order valence-electron chi connectivity index (χ1n) is 9.53. The van der Waals surface area contributed by atoms with Crippen molar-refractivity contribution in [3.8, 4) is 5.75 Å². The summed E-state index contributed by atoms with van der Waals surface area (Å²) in [6.45, 7) is -0.259. The summed E-state index contributed by atoms with van der Waals surface area (Å²) >= 11 is 0. The van der Waals surface area contributed by atoms with Gasteiger partial charge >= 0.3 is 12.1 Å². The van der Waals surface area contributed by atoms with E-state index in [2.05, 4.69) is 0 Å². The van der Waals surface area contributed by atoms with Crippen LogP contribution in [0.1, 0.15) is 22.8 Å². The van der Waals surface area contributed by atoms with Gasteiger partial charge in [-0.15, -0.1) is 0 Å². The van der Waals surface area contributed by atoms with Gasteiger partial charge in [-0.25, -0.2) is 0 Å². The number of carbonyl (C=O) groups is 1. The lowest BCUT2D eigenvalue weighted by atomic mass is 9.98. The highest BCUT2D eigenvalue weighted by molar-refractivity contribution is 5.98. The zero-order chi connectivity index (χ0) is 22.4. The zero-order valence-electron chi connectivity index (χ0n) is 17.1. The van der Waals surface area contributed by atoms with Crippen molar-refractivity contribution in [3.63, 3.8) is 0 Å². The average molecular weight is 429 g/mol. The fraction of sp³-hybridized carbons (Fsp3) is 0.208. The van der Waals surface area contributed by atoms with E-state index in [-0.39, 0.29) is 12.2 Å². The Labute approximate surface area is 178 Å². The summed E-state index contributed by atoms with van der Waals surface area (Å²) in [5.74, 6) is -1.64. The molecular formula is C24H22F3NO3. The molecule has 0 saturated heterocycles. The number of nitrogens with zero attached hydrogens (tertiary/aromatic N) is 1. The molecule has 162 valence electrons. The number of ether oxygens (including phenoxy) is 2. The molecule has 0 aromatic heterocycles. The Morgan fingerprint density at radius 1 is 0.935 bits per heavy atom. The highest BCUT2D eigenvalue weighted by atomic mass is 19.4. The van der Waals surface area contributed by atoms with Crippen LogP contribution in [0.3, 0.4) is 0 Å². The van der Waals surface area contributed by atoms with Gasteiger partial charge in [-0.3, -0.25) is 9.69 Å². The molecule has 1 unspecified atom stereocenters. The molecule has 3 aromatic rings. The van der Waals surface area contributed by atoms with E-state index in [9.17, 15) is 18.0 Å². The fourth-order valence-corrected chi connectivity index (χ4v) is 3.36. The second kappa shape index (κ2) is 9.66. The van der Waals surface area contributed by atoms with Crippen LogP contribution in [0.15, 0.2) is 78.9 Å². The van der Waals surface area contributed by atoms with Crippen molar-refractivity contribution < 1.29 is 27.4 Å². The van der Waals surface area contributed by atoms with Gasteiger partial charge in [-0.2, -0.15) is 13.2 Å². The molecule has 31 heavy (non-hydrogen) atoms. The first kappa shape index (κ1) is 22.4. The van der Waals surface area contributed by atoms with Gasteiger partial charge in [0.25, 0.3) is 0 Å². The predicted octanol–water partition coefficient (Wildman–Crippen LogP) is 5.53. The van der Waals surface area contributed by atoms with Crippen LogP contribution in [0.4, 0.5) is 18.9 Å². The van der Waals surface area contributed by atoms with Crippen molar-refractivity contribution in [1.29, 1.82) is 0 Å². The van der Waals surface area contributed by atoms with Crippen LogP contribution in [0.5, 0.6) is 5.75 Å². The number of hydrogen-bond donors (Lipinski definition) is 0. The quantitative estimate of drug-likeness (QED) is 0.496. The van der Waals surface area contributed by atoms with Crippen molar-refractivity contribution in [3.05, 3.63) is 95.6 Å². The van der Waals surface area contributed by atoms with Crippen molar-refractivity contribution in [2.24, 2.45) is 0 Å². The minimum absolute atomic E-state index is 0.0706. The van der Waals surface area contributed by atoms with Crippen LogP contribution in [0.25, 0.3) is 0 Å². The molecule has 0 radical (unpaired) electrons. The summed E-state index contributed by atoms with van der Waals surface area (Å²) < 4.78 is 51.5. The molecule has 0 spiro atoms. The first-order chi connectivity index (χ1) is 14.8. The van der Waals surface area contributed by atoms with Crippen molar-refractivity contribution >= 4 is 11.6 Å². The van der Waals surface area contributed by atoms with E-state index in [1.165, 1.54) is 20.3 Å². The van der Waals surface area contributed by atoms with Crippen LogP contribution in [0, 0.1) is 0 Å². The monoisotopic (exact) mass is 429 g/mol. The van der Waals surface area contributed by atoms with E-state index in [1.807, 2.05) is 30.3 Å². The molecule has 0 fully saturated rings. The first-order valence-corrected chi connectivity index (χ1v) is 9.53. The van der Waals surface area contributed by atoms with Crippen molar-refractivity contribution in [2.75, 3.05) is 19.1 Å².